The van der Waals surface area contributed by atoms with Gasteiger partial charge < -0.3 is 10.2 Å². The van der Waals surface area contributed by atoms with Crippen molar-refractivity contribution in [2.45, 2.75) is 4.90 Å². The molecule has 1 aliphatic rings. The van der Waals surface area contributed by atoms with Gasteiger partial charge in [0.05, 0.1) is 5.75 Å². The van der Waals surface area contributed by atoms with Gasteiger partial charge in [0.2, 0.25) is 5.91 Å². The number of thioether (sulfide) groups is 1. The van der Waals surface area contributed by atoms with E-state index < -0.39 is 0 Å². The summed E-state index contributed by atoms with van der Waals surface area (Å²) < 4.78 is 0. The summed E-state index contributed by atoms with van der Waals surface area (Å²) in [5, 5.41) is 3.95. The third-order valence-electron chi connectivity index (χ3n) is 2.63. The van der Waals surface area contributed by atoms with Crippen LogP contribution in [0.1, 0.15) is 0 Å². The van der Waals surface area contributed by atoms with Crippen LogP contribution in [0.25, 0.3) is 0 Å². The van der Waals surface area contributed by atoms with Gasteiger partial charge in [-0.3, -0.25) is 4.79 Å². The molecule has 1 amide bonds. The molecule has 1 heterocycles. The van der Waals surface area contributed by atoms with Gasteiger partial charge in [0, 0.05) is 36.1 Å². The highest BCUT2D eigenvalue weighted by atomic mass is 35.5. The van der Waals surface area contributed by atoms with Crippen LogP contribution in [-0.4, -0.2) is 42.7 Å². The van der Waals surface area contributed by atoms with Crippen molar-refractivity contribution < 1.29 is 4.79 Å². The van der Waals surface area contributed by atoms with E-state index in [9.17, 15) is 4.79 Å². The molecular weight excluding hydrogens is 256 g/mol. The predicted molar refractivity (Wildman–Crippen MR) is 71.6 cm³/mol. The molecule has 0 unspecified atom stereocenters. The van der Waals surface area contributed by atoms with Crippen molar-refractivity contribution in [1.29, 1.82) is 0 Å². The lowest BCUT2D eigenvalue weighted by atomic mass is 10.3. The number of benzene rings is 1. The predicted octanol–water partition coefficient (Wildman–Crippen LogP) is 1.86. The van der Waals surface area contributed by atoms with Gasteiger partial charge in [-0.2, -0.15) is 0 Å². The standard InChI is InChI=1S/C12H15ClN2OS/c13-10-2-1-3-11(8-10)17-9-12(16)15-6-4-14-5-7-15/h1-3,8,14H,4-7,9H2. The second kappa shape index (κ2) is 6.28. The van der Waals surface area contributed by atoms with Crippen molar-refractivity contribution in [3.05, 3.63) is 29.3 Å². The van der Waals surface area contributed by atoms with Gasteiger partial charge >= 0.3 is 0 Å². The lowest BCUT2D eigenvalue weighted by Crippen LogP contribution is -2.47. The Morgan fingerprint density at radius 3 is 2.88 bits per heavy atom. The number of nitrogens with zero attached hydrogens (tertiary/aromatic N) is 1. The average molecular weight is 271 g/mol. The summed E-state index contributed by atoms with van der Waals surface area (Å²) in [5.41, 5.74) is 0. The summed E-state index contributed by atoms with van der Waals surface area (Å²) in [6.45, 7) is 3.42. The maximum absolute atomic E-state index is 11.9. The first-order chi connectivity index (χ1) is 8.25. The molecule has 1 aromatic rings. The van der Waals surface area contributed by atoms with Gasteiger partial charge in [0.25, 0.3) is 0 Å². The summed E-state index contributed by atoms with van der Waals surface area (Å²) in [7, 11) is 0. The van der Waals surface area contributed by atoms with Crippen LogP contribution in [0.2, 0.25) is 5.02 Å². The zero-order valence-corrected chi connectivity index (χ0v) is 11.1. The van der Waals surface area contributed by atoms with Crippen LogP contribution in [0.5, 0.6) is 0 Å². The minimum Gasteiger partial charge on any atom is -0.339 e. The second-order valence-electron chi connectivity index (χ2n) is 3.88. The van der Waals surface area contributed by atoms with Crippen LogP contribution < -0.4 is 5.32 Å². The quantitative estimate of drug-likeness (QED) is 0.851. The molecule has 5 heteroatoms. The minimum absolute atomic E-state index is 0.205. The molecule has 0 saturated carbocycles. The van der Waals surface area contributed by atoms with Gasteiger partial charge in [0.15, 0.2) is 0 Å². The highest BCUT2D eigenvalue weighted by Gasteiger charge is 2.15. The molecule has 1 saturated heterocycles. The molecule has 1 fully saturated rings. The first-order valence-corrected chi connectivity index (χ1v) is 6.99. The number of hydrogen-bond donors (Lipinski definition) is 1. The van der Waals surface area contributed by atoms with Crippen LogP contribution in [-0.2, 0) is 4.79 Å². The molecule has 92 valence electrons. The fourth-order valence-corrected chi connectivity index (χ4v) is 2.82. The molecule has 17 heavy (non-hydrogen) atoms. The Morgan fingerprint density at radius 2 is 2.18 bits per heavy atom. The van der Waals surface area contributed by atoms with E-state index in [1.807, 2.05) is 29.2 Å². The first-order valence-electron chi connectivity index (χ1n) is 5.62. The van der Waals surface area contributed by atoms with Crippen molar-refractivity contribution in [2.24, 2.45) is 0 Å². The molecule has 3 nitrogen and oxygen atoms in total. The first kappa shape index (κ1) is 12.7. The number of piperazine rings is 1. The van der Waals surface area contributed by atoms with Crippen molar-refractivity contribution in [3.63, 3.8) is 0 Å². The lowest BCUT2D eigenvalue weighted by molar-refractivity contribution is -0.128. The van der Waals surface area contributed by atoms with Crippen molar-refractivity contribution in [1.82, 2.24) is 10.2 Å². The highest BCUT2D eigenvalue weighted by molar-refractivity contribution is 8.00. The van der Waals surface area contributed by atoms with Crippen molar-refractivity contribution >= 4 is 29.3 Å². The zero-order chi connectivity index (χ0) is 12.1. The number of carbonyl (C=O) groups excluding carboxylic acids is 1. The number of rotatable bonds is 3. The Morgan fingerprint density at radius 1 is 1.41 bits per heavy atom. The lowest BCUT2D eigenvalue weighted by Gasteiger charge is -2.27. The largest absolute Gasteiger partial charge is 0.339 e. The summed E-state index contributed by atoms with van der Waals surface area (Å²) >= 11 is 7.43. The van der Waals surface area contributed by atoms with E-state index in [4.69, 9.17) is 11.6 Å². The minimum atomic E-state index is 0.205. The monoisotopic (exact) mass is 270 g/mol. The van der Waals surface area contributed by atoms with E-state index >= 15 is 0 Å². The second-order valence-corrected chi connectivity index (χ2v) is 5.36. The maximum atomic E-state index is 11.9. The molecule has 0 atom stereocenters. The molecule has 0 radical (unpaired) electrons. The number of halogens is 1. The Balaban J connectivity index is 1.83. The summed E-state index contributed by atoms with van der Waals surface area (Å²) in [6.07, 6.45) is 0. The van der Waals surface area contributed by atoms with Crippen LogP contribution in [0.3, 0.4) is 0 Å². The van der Waals surface area contributed by atoms with E-state index in [-0.39, 0.29) is 5.91 Å². The molecular formula is C12H15ClN2OS. The number of hydrogen-bond acceptors (Lipinski definition) is 3. The highest BCUT2D eigenvalue weighted by Crippen LogP contribution is 2.21. The number of carbonyl (C=O) groups is 1. The fourth-order valence-electron chi connectivity index (χ4n) is 1.71. The molecule has 0 aliphatic carbocycles. The van der Waals surface area contributed by atoms with Crippen LogP contribution in [0.4, 0.5) is 0 Å². The normalized spacial score (nSPS) is 15.9. The van der Waals surface area contributed by atoms with Gasteiger partial charge in [-0.05, 0) is 18.2 Å². The van der Waals surface area contributed by atoms with Crippen molar-refractivity contribution in [3.8, 4) is 0 Å². The van der Waals surface area contributed by atoms with Gasteiger partial charge in [-0.1, -0.05) is 17.7 Å². The molecule has 1 aromatic carbocycles. The van der Waals surface area contributed by atoms with Crippen LogP contribution in [0, 0.1) is 0 Å². The summed E-state index contributed by atoms with van der Waals surface area (Å²) in [4.78, 5) is 14.9. The van der Waals surface area contributed by atoms with E-state index in [1.165, 1.54) is 0 Å². The third-order valence-corrected chi connectivity index (χ3v) is 3.84. The van der Waals surface area contributed by atoms with Crippen LogP contribution >= 0.6 is 23.4 Å². The average Bonchev–Trinajstić information content (AvgIpc) is 2.37. The van der Waals surface area contributed by atoms with E-state index in [0.717, 1.165) is 31.1 Å². The van der Waals surface area contributed by atoms with Gasteiger partial charge in [0.1, 0.15) is 0 Å². The number of nitrogens with one attached hydrogen (secondary N) is 1. The molecule has 2 rings (SSSR count). The van der Waals surface area contributed by atoms with Crippen LogP contribution in [0.15, 0.2) is 29.2 Å². The smallest absolute Gasteiger partial charge is 0.233 e. The maximum Gasteiger partial charge on any atom is 0.233 e. The third kappa shape index (κ3) is 3.91. The molecule has 1 aliphatic heterocycles. The fraction of sp³-hybridized carbons (Fsp3) is 0.417. The van der Waals surface area contributed by atoms with Gasteiger partial charge in [-0.25, -0.2) is 0 Å². The van der Waals surface area contributed by atoms with E-state index in [0.29, 0.717) is 10.8 Å². The topological polar surface area (TPSA) is 32.3 Å². The molecule has 0 aromatic heterocycles. The Labute approximate surface area is 111 Å². The Kier molecular flexibility index (Phi) is 4.71. The van der Waals surface area contributed by atoms with E-state index in [1.54, 1.807) is 11.8 Å². The SMILES string of the molecule is O=C(CSc1cccc(Cl)c1)N1CCNCC1. The zero-order valence-electron chi connectivity index (χ0n) is 9.49. The molecule has 1 N–H and O–H groups in total. The van der Waals surface area contributed by atoms with Gasteiger partial charge in [-0.15, -0.1) is 11.8 Å². The molecule has 0 bridgehead atoms. The molecule has 0 spiro atoms. The Hall–Kier alpha value is -0.710. The Bertz CT molecular complexity index is 394. The van der Waals surface area contributed by atoms with E-state index in [2.05, 4.69) is 5.32 Å². The summed E-state index contributed by atoms with van der Waals surface area (Å²) in [5.74, 6) is 0.692. The summed E-state index contributed by atoms with van der Waals surface area (Å²) in [6, 6.07) is 7.60. The number of amides is 1. The van der Waals surface area contributed by atoms with Crippen molar-refractivity contribution in [2.75, 3.05) is 31.9 Å².